The van der Waals surface area contributed by atoms with Gasteiger partial charge in [0.2, 0.25) is 0 Å². The van der Waals surface area contributed by atoms with E-state index < -0.39 is 0 Å². The van der Waals surface area contributed by atoms with Crippen molar-refractivity contribution in [3.8, 4) is 22.1 Å². The molecule has 4 nitrogen and oxygen atoms in total. The second kappa shape index (κ2) is 5.27. The van der Waals surface area contributed by atoms with Crippen LogP contribution in [0.4, 0.5) is 0 Å². The lowest BCUT2D eigenvalue weighted by Gasteiger charge is -2.05. The van der Waals surface area contributed by atoms with Crippen LogP contribution in [0.5, 0.6) is 5.75 Å². The molecular formula is C17H13N3OS. The summed E-state index contributed by atoms with van der Waals surface area (Å²) < 4.78 is 7.43. The van der Waals surface area contributed by atoms with Crippen molar-refractivity contribution in [3.63, 3.8) is 0 Å². The van der Waals surface area contributed by atoms with Crippen molar-refractivity contribution in [2.24, 2.45) is 0 Å². The fraction of sp³-hybridized carbons (Fsp3) is 0.0588. The Morgan fingerprint density at radius 1 is 1.05 bits per heavy atom. The number of hydrogen-bond acceptors (Lipinski definition) is 4. The molecular weight excluding hydrogens is 294 g/mol. The molecule has 0 saturated carbocycles. The number of rotatable bonds is 3. The fourth-order valence-corrected chi connectivity index (χ4v) is 3.27. The van der Waals surface area contributed by atoms with Gasteiger partial charge in [-0.3, -0.25) is 4.57 Å². The van der Waals surface area contributed by atoms with Crippen molar-refractivity contribution >= 4 is 22.4 Å². The number of aromatic nitrogens is 3. The molecule has 2 aromatic carbocycles. The number of thiazole rings is 1. The number of benzene rings is 2. The first kappa shape index (κ1) is 13.0. The fourth-order valence-electron chi connectivity index (χ4n) is 2.47. The van der Waals surface area contributed by atoms with Gasteiger partial charge in [-0.2, -0.15) is 0 Å². The zero-order valence-corrected chi connectivity index (χ0v) is 12.7. The quantitative estimate of drug-likeness (QED) is 0.570. The molecule has 0 spiro atoms. The molecule has 0 aliphatic heterocycles. The SMILES string of the molecule is COc1ccccc1-c1csc(-n2cnc3ccccc32)n1. The maximum atomic E-state index is 5.42. The molecule has 5 heteroatoms. The Morgan fingerprint density at radius 2 is 1.86 bits per heavy atom. The van der Waals surface area contributed by atoms with Crippen LogP contribution in [0, 0.1) is 0 Å². The van der Waals surface area contributed by atoms with Crippen LogP contribution < -0.4 is 4.74 Å². The van der Waals surface area contributed by atoms with Gasteiger partial charge in [0.1, 0.15) is 12.1 Å². The van der Waals surface area contributed by atoms with Crippen LogP contribution in [0.2, 0.25) is 0 Å². The molecule has 22 heavy (non-hydrogen) atoms. The molecule has 2 aromatic heterocycles. The minimum absolute atomic E-state index is 0.829. The van der Waals surface area contributed by atoms with E-state index in [2.05, 4.69) is 4.98 Å². The van der Waals surface area contributed by atoms with E-state index in [9.17, 15) is 0 Å². The molecule has 0 radical (unpaired) electrons. The van der Waals surface area contributed by atoms with E-state index in [-0.39, 0.29) is 0 Å². The Hall–Kier alpha value is -2.66. The number of nitrogens with zero attached hydrogens (tertiary/aromatic N) is 3. The van der Waals surface area contributed by atoms with Crippen molar-refractivity contribution in [2.45, 2.75) is 0 Å². The number of imidazole rings is 1. The largest absolute Gasteiger partial charge is 0.496 e. The third kappa shape index (κ3) is 2.07. The molecule has 0 aliphatic rings. The van der Waals surface area contributed by atoms with E-state index in [1.807, 2.05) is 64.8 Å². The zero-order valence-electron chi connectivity index (χ0n) is 11.9. The molecule has 4 aromatic rings. The molecule has 2 heterocycles. The summed E-state index contributed by atoms with van der Waals surface area (Å²) in [6.45, 7) is 0. The number of fused-ring (bicyclic) bond motifs is 1. The van der Waals surface area contributed by atoms with Gasteiger partial charge >= 0.3 is 0 Å². The second-order valence-electron chi connectivity index (χ2n) is 4.82. The minimum Gasteiger partial charge on any atom is -0.496 e. The van der Waals surface area contributed by atoms with Gasteiger partial charge in [-0.15, -0.1) is 11.3 Å². The number of methoxy groups -OCH3 is 1. The summed E-state index contributed by atoms with van der Waals surface area (Å²) >= 11 is 1.59. The summed E-state index contributed by atoms with van der Waals surface area (Å²) in [5.41, 5.74) is 3.94. The molecule has 0 bridgehead atoms. The first-order valence-corrected chi connectivity index (χ1v) is 7.76. The van der Waals surface area contributed by atoms with E-state index in [1.165, 1.54) is 0 Å². The maximum Gasteiger partial charge on any atom is 0.195 e. The summed E-state index contributed by atoms with van der Waals surface area (Å²) in [5.74, 6) is 0.829. The predicted octanol–water partition coefficient (Wildman–Crippen LogP) is 4.16. The number of hydrogen-bond donors (Lipinski definition) is 0. The van der Waals surface area contributed by atoms with Gasteiger partial charge in [-0.25, -0.2) is 9.97 Å². The predicted molar refractivity (Wildman–Crippen MR) is 88.7 cm³/mol. The summed E-state index contributed by atoms with van der Waals surface area (Å²) in [6, 6.07) is 16.0. The van der Waals surface area contributed by atoms with Crippen molar-refractivity contribution in [1.29, 1.82) is 0 Å². The van der Waals surface area contributed by atoms with Crippen molar-refractivity contribution in [3.05, 3.63) is 60.2 Å². The van der Waals surface area contributed by atoms with E-state index in [4.69, 9.17) is 9.72 Å². The van der Waals surface area contributed by atoms with E-state index in [1.54, 1.807) is 18.4 Å². The molecule has 4 rings (SSSR count). The van der Waals surface area contributed by atoms with Crippen LogP contribution in [0.15, 0.2) is 60.2 Å². The van der Waals surface area contributed by atoms with Crippen LogP contribution in [0.1, 0.15) is 0 Å². The van der Waals surface area contributed by atoms with Crippen LogP contribution in [-0.4, -0.2) is 21.6 Å². The molecule has 0 N–H and O–H groups in total. The van der Waals surface area contributed by atoms with E-state index in [0.717, 1.165) is 33.2 Å². The number of ether oxygens (including phenoxy) is 1. The molecule has 0 fully saturated rings. The highest BCUT2D eigenvalue weighted by Crippen LogP contribution is 2.32. The minimum atomic E-state index is 0.829. The van der Waals surface area contributed by atoms with Crippen molar-refractivity contribution in [1.82, 2.24) is 14.5 Å². The van der Waals surface area contributed by atoms with Gasteiger partial charge in [0, 0.05) is 10.9 Å². The Balaban J connectivity index is 1.82. The Labute approximate surface area is 131 Å². The van der Waals surface area contributed by atoms with Gasteiger partial charge in [-0.05, 0) is 24.3 Å². The monoisotopic (exact) mass is 307 g/mol. The van der Waals surface area contributed by atoms with Gasteiger partial charge in [0.15, 0.2) is 5.13 Å². The Kier molecular flexibility index (Phi) is 3.12. The average molecular weight is 307 g/mol. The third-order valence-corrected chi connectivity index (χ3v) is 4.37. The Morgan fingerprint density at radius 3 is 2.77 bits per heavy atom. The summed E-state index contributed by atoms with van der Waals surface area (Å²) in [7, 11) is 1.68. The first-order valence-electron chi connectivity index (χ1n) is 6.88. The Bertz CT molecular complexity index is 942. The lowest BCUT2D eigenvalue weighted by Crippen LogP contribution is -1.92. The van der Waals surface area contributed by atoms with E-state index >= 15 is 0 Å². The highest BCUT2D eigenvalue weighted by atomic mass is 32.1. The topological polar surface area (TPSA) is 39.9 Å². The first-order chi connectivity index (χ1) is 10.9. The van der Waals surface area contributed by atoms with Gasteiger partial charge < -0.3 is 4.74 Å². The van der Waals surface area contributed by atoms with Crippen LogP contribution in [-0.2, 0) is 0 Å². The number of para-hydroxylation sites is 3. The highest BCUT2D eigenvalue weighted by molar-refractivity contribution is 7.12. The van der Waals surface area contributed by atoms with Gasteiger partial charge in [0.25, 0.3) is 0 Å². The third-order valence-electron chi connectivity index (χ3n) is 3.53. The van der Waals surface area contributed by atoms with Crippen molar-refractivity contribution < 1.29 is 4.74 Å². The smallest absolute Gasteiger partial charge is 0.195 e. The summed E-state index contributed by atoms with van der Waals surface area (Å²) in [5, 5.41) is 2.94. The molecule has 108 valence electrons. The molecule has 0 amide bonds. The van der Waals surface area contributed by atoms with Crippen LogP contribution in [0.3, 0.4) is 0 Å². The van der Waals surface area contributed by atoms with Gasteiger partial charge in [-0.1, -0.05) is 24.3 Å². The van der Waals surface area contributed by atoms with Gasteiger partial charge in [0.05, 0.1) is 23.8 Å². The normalized spacial score (nSPS) is 11.0. The van der Waals surface area contributed by atoms with Crippen LogP contribution >= 0.6 is 11.3 Å². The van der Waals surface area contributed by atoms with Crippen LogP contribution in [0.25, 0.3) is 27.4 Å². The maximum absolute atomic E-state index is 5.42. The van der Waals surface area contributed by atoms with E-state index in [0.29, 0.717) is 0 Å². The highest BCUT2D eigenvalue weighted by Gasteiger charge is 2.12. The summed E-state index contributed by atoms with van der Waals surface area (Å²) in [4.78, 5) is 9.16. The standard InChI is InChI=1S/C17H13N3OS/c1-21-16-9-5-2-6-12(16)14-10-22-17(19-14)20-11-18-13-7-3-4-8-15(13)20/h2-11H,1H3. The molecule has 0 unspecified atom stereocenters. The lowest BCUT2D eigenvalue weighted by atomic mass is 10.1. The summed E-state index contributed by atoms with van der Waals surface area (Å²) in [6.07, 6.45) is 1.81. The second-order valence-corrected chi connectivity index (χ2v) is 5.66. The lowest BCUT2D eigenvalue weighted by molar-refractivity contribution is 0.416. The average Bonchev–Trinajstić information content (AvgIpc) is 3.21. The van der Waals surface area contributed by atoms with Crippen molar-refractivity contribution in [2.75, 3.05) is 7.11 Å². The molecule has 0 atom stereocenters. The molecule has 0 aliphatic carbocycles. The molecule has 0 saturated heterocycles. The zero-order chi connectivity index (χ0) is 14.9.